The number of benzene rings is 3. The van der Waals surface area contributed by atoms with Crippen LogP contribution in [0.3, 0.4) is 0 Å². The first kappa shape index (κ1) is 27.1. The van der Waals surface area contributed by atoms with E-state index in [1.807, 2.05) is 24.3 Å². The van der Waals surface area contributed by atoms with Gasteiger partial charge in [-0.2, -0.15) is 0 Å². The molecular weight excluding hydrogens is 504 g/mol. The number of carbonyl (C=O) groups excluding carboxylic acids is 1. The van der Waals surface area contributed by atoms with Crippen molar-refractivity contribution in [1.82, 2.24) is 0 Å². The highest BCUT2D eigenvalue weighted by Gasteiger charge is 2.26. The van der Waals surface area contributed by atoms with Gasteiger partial charge in [-0.15, -0.1) is 0 Å². The lowest BCUT2D eigenvalue weighted by Gasteiger charge is -2.37. The number of nitrogens with one attached hydrogen (secondary N) is 2. The molecule has 3 aromatic carbocycles. The molecule has 1 amide bonds. The molecule has 0 unspecified atom stereocenters. The van der Waals surface area contributed by atoms with E-state index in [-0.39, 0.29) is 22.2 Å². The topological polar surface area (TPSA) is 122 Å². The van der Waals surface area contributed by atoms with Crippen LogP contribution in [0.1, 0.15) is 43.1 Å². The van der Waals surface area contributed by atoms with Crippen molar-refractivity contribution in [2.45, 2.75) is 38.5 Å². The Labute approximate surface area is 223 Å². The van der Waals surface area contributed by atoms with Gasteiger partial charge in [0.15, 0.2) is 0 Å². The van der Waals surface area contributed by atoms with E-state index in [1.54, 1.807) is 12.1 Å². The second-order valence-corrected chi connectivity index (χ2v) is 11.6. The van der Waals surface area contributed by atoms with Gasteiger partial charge in [0.2, 0.25) is 0 Å². The second kappa shape index (κ2) is 11.2. The molecule has 0 bridgehead atoms. The number of anilines is 3. The third-order valence-corrected chi connectivity index (χ3v) is 8.07. The maximum absolute atomic E-state index is 13.3. The maximum Gasteiger partial charge on any atom is 0.269 e. The quantitative estimate of drug-likeness (QED) is 0.282. The molecule has 2 atom stereocenters. The highest BCUT2D eigenvalue weighted by molar-refractivity contribution is 7.92. The molecule has 10 heteroatoms. The van der Waals surface area contributed by atoms with Crippen molar-refractivity contribution in [1.29, 1.82) is 0 Å². The van der Waals surface area contributed by atoms with Gasteiger partial charge >= 0.3 is 0 Å². The summed E-state index contributed by atoms with van der Waals surface area (Å²) in [4.78, 5) is 25.5. The molecule has 0 aliphatic carbocycles. The molecule has 0 saturated carbocycles. The molecule has 4 rings (SSSR count). The van der Waals surface area contributed by atoms with Crippen LogP contribution in [0.15, 0.2) is 71.6 Å². The maximum atomic E-state index is 13.3. The van der Waals surface area contributed by atoms with Crippen LogP contribution in [0, 0.1) is 22.0 Å². The molecule has 0 radical (unpaired) electrons. The van der Waals surface area contributed by atoms with E-state index in [2.05, 4.69) is 35.7 Å². The Morgan fingerprint density at radius 1 is 1.00 bits per heavy atom. The highest BCUT2D eigenvalue weighted by Crippen LogP contribution is 2.34. The minimum absolute atomic E-state index is 0.111. The van der Waals surface area contributed by atoms with Crippen LogP contribution in [-0.2, 0) is 16.4 Å². The number of nitro groups is 1. The van der Waals surface area contributed by atoms with Crippen molar-refractivity contribution in [3.05, 3.63) is 88.0 Å². The van der Waals surface area contributed by atoms with Crippen LogP contribution in [0.25, 0.3) is 0 Å². The summed E-state index contributed by atoms with van der Waals surface area (Å²) in [5.74, 6) is 0.482. The summed E-state index contributed by atoms with van der Waals surface area (Å²) >= 11 is 0. The van der Waals surface area contributed by atoms with Crippen LogP contribution in [0.2, 0.25) is 0 Å². The Bertz CT molecular complexity index is 1410. The van der Waals surface area contributed by atoms with E-state index in [0.717, 1.165) is 43.6 Å². The first-order valence-electron chi connectivity index (χ1n) is 12.6. The predicted molar refractivity (Wildman–Crippen MR) is 149 cm³/mol. The Morgan fingerprint density at radius 3 is 2.21 bits per heavy atom. The van der Waals surface area contributed by atoms with Gasteiger partial charge in [-0.25, -0.2) is 8.42 Å². The fourth-order valence-electron chi connectivity index (χ4n) is 4.87. The Balaban J connectivity index is 1.67. The molecule has 9 nitrogen and oxygen atoms in total. The Hall–Kier alpha value is -3.92. The number of hydrogen-bond donors (Lipinski definition) is 2. The van der Waals surface area contributed by atoms with Gasteiger partial charge in [0.1, 0.15) is 0 Å². The monoisotopic (exact) mass is 536 g/mol. The zero-order valence-electron chi connectivity index (χ0n) is 21.7. The Kier molecular flexibility index (Phi) is 8.01. The average molecular weight is 537 g/mol. The predicted octanol–water partition coefficient (Wildman–Crippen LogP) is 5.69. The van der Waals surface area contributed by atoms with Gasteiger partial charge < -0.3 is 10.2 Å². The number of amides is 1. The minimum atomic E-state index is -4.08. The molecule has 0 aromatic heterocycles. The summed E-state index contributed by atoms with van der Waals surface area (Å²) in [7, 11) is -4.08. The number of aryl methyl sites for hydroxylation is 1. The number of nitrogens with zero attached hydrogens (tertiary/aromatic N) is 2. The van der Waals surface area contributed by atoms with E-state index >= 15 is 0 Å². The highest BCUT2D eigenvalue weighted by atomic mass is 32.2. The van der Waals surface area contributed by atoms with E-state index in [9.17, 15) is 23.3 Å². The van der Waals surface area contributed by atoms with Crippen LogP contribution in [0.5, 0.6) is 0 Å². The number of carbonyl (C=O) groups is 1. The summed E-state index contributed by atoms with van der Waals surface area (Å²) in [5, 5.41) is 13.9. The summed E-state index contributed by atoms with van der Waals surface area (Å²) in [6, 6.07) is 17.3. The van der Waals surface area contributed by atoms with Crippen LogP contribution in [-0.4, -0.2) is 32.3 Å². The molecule has 38 heavy (non-hydrogen) atoms. The lowest BCUT2D eigenvalue weighted by molar-refractivity contribution is -0.384. The van der Waals surface area contributed by atoms with E-state index in [0.29, 0.717) is 28.8 Å². The van der Waals surface area contributed by atoms with Crippen LogP contribution < -0.4 is 14.9 Å². The number of nitro benzene ring substituents is 1. The third kappa shape index (κ3) is 6.31. The molecule has 200 valence electrons. The fraction of sp³-hybridized carbons (Fsp3) is 0.321. The summed E-state index contributed by atoms with van der Waals surface area (Å²) in [6.45, 7) is 7.89. The number of sulfonamides is 1. The third-order valence-electron chi connectivity index (χ3n) is 6.69. The van der Waals surface area contributed by atoms with Crippen molar-refractivity contribution in [2.24, 2.45) is 11.8 Å². The van der Waals surface area contributed by atoms with Crippen LogP contribution in [0.4, 0.5) is 22.7 Å². The van der Waals surface area contributed by atoms with E-state index in [1.165, 1.54) is 18.2 Å². The van der Waals surface area contributed by atoms with Crippen molar-refractivity contribution >= 4 is 38.7 Å². The SMILES string of the molecule is CCc1ccc(NC(=O)c2ccc(N3C[C@H](C)C[C@H](C)C3)c(NS(=O)(=O)c3ccc([N+](=O)[O-])cc3)c2)cc1. The lowest BCUT2D eigenvalue weighted by Crippen LogP contribution is -2.39. The summed E-state index contributed by atoms with van der Waals surface area (Å²) in [5.41, 5.74) is 2.85. The van der Waals surface area contributed by atoms with Crippen molar-refractivity contribution in [2.75, 3.05) is 28.0 Å². The summed E-state index contributed by atoms with van der Waals surface area (Å²) < 4.78 is 29.2. The summed E-state index contributed by atoms with van der Waals surface area (Å²) in [6.07, 6.45) is 1.97. The van der Waals surface area contributed by atoms with Gasteiger partial charge in [-0.3, -0.25) is 19.6 Å². The molecular formula is C28H32N4O5S. The second-order valence-electron chi connectivity index (χ2n) is 9.94. The largest absolute Gasteiger partial charge is 0.369 e. The minimum Gasteiger partial charge on any atom is -0.369 e. The Morgan fingerprint density at radius 2 is 1.63 bits per heavy atom. The zero-order chi connectivity index (χ0) is 27.4. The number of rotatable bonds is 8. The molecule has 0 spiro atoms. The standard InChI is InChI=1S/C28H32N4O5S/c1-4-21-5-8-23(9-6-21)29-28(33)22-7-14-27(31-17-19(2)15-20(3)18-31)26(16-22)30-38(36,37)25-12-10-24(11-13-25)32(34)35/h5-14,16,19-20,30H,4,15,17-18H2,1-3H3,(H,29,33)/t19-,20+. The molecule has 1 aliphatic heterocycles. The van der Waals surface area contributed by atoms with Gasteiger partial charge in [0.05, 0.1) is 21.2 Å². The van der Waals surface area contributed by atoms with Crippen molar-refractivity contribution < 1.29 is 18.1 Å². The van der Waals surface area contributed by atoms with Gasteiger partial charge in [0, 0.05) is 36.5 Å². The molecule has 2 N–H and O–H groups in total. The molecule has 1 fully saturated rings. The number of piperidine rings is 1. The lowest BCUT2D eigenvalue weighted by atomic mass is 9.91. The molecule has 1 saturated heterocycles. The van der Waals surface area contributed by atoms with E-state index < -0.39 is 14.9 Å². The normalized spacial score (nSPS) is 17.6. The fourth-order valence-corrected chi connectivity index (χ4v) is 5.94. The number of non-ortho nitro benzene ring substituents is 1. The van der Waals surface area contributed by atoms with Crippen molar-refractivity contribution in [3.8, 4) is 0 Å². The van der Waals surface area contributed by atoms with Crippen LogP contribution >= 0.6 is 0 Å². The van der Waals surface area contributed by atoms with Gasteiger partial charge in [-0.1, -0.05) is 32.9 Å². The smallest absolute Gasteiger partial charge is 0.269 e. The zero-order valence-corrected chi connectivity index (χ0v) is 22.5. The number of hydrogen-bond acceptors (Lipinski definition) is 6. The van der Waals surface area contributed by atoms with E-state index in [4.69, 9.17) is 0 Å². The molecule has 3 aromatic rings. The van der Waals surface area contributed by atoms with Crippen molar-refractivity contribution in [3.63, 3.8) is 0 Å². The first-order valence-corrected chi connectivity index (χ1v) is 14.1. The van der Waals surface area contributed by atoms with Gasteiger partial charge in [-0.05, 0) is 72.7 Å². The molecule has 1 aliphatic rings. The average Bonchev–Trinajstić information content (AvgIpc) is 2.88. The first-order chi connectivity index (χ1) is 18.1. The molecule has 1 heterocycles. The van der Waals surface area contributed by atoms with Gasteiger partial charge in [0.25, 0.3) is 21.6 Å².